The van der Waals surface area contributed by atoms with Crippen LogP contribution in [0.15, 0.2) is 36.4 Å². The molecule has 0 amide bonds. The molecule has 0 atom stereocenters. The van der Waals surface area contributed by atoms with Gasteiger partial charge in [-0.1, -0.05) is 48.9 Å². The zero-order valence-electron chi connectivity index (χ0n) is 10.9. The Balaban J connectivity index is 2.27. The van der Waals surface area contributed by atoms with Gasteiger partial charge in [0.05, 0.1) is 0 Å². The number of benzene rings is 2. The first-order valence-corrected chi connectivity index (χ1v) is 7.43. The second-order valence-electron chi connectivity index (χ2n) is 4.76. The van der Waals surface area contributed by atoms with E-state index in [4.69, 9.17) is 0 Å². The average molecular weight is 256 g/mol. The quantitative estimate of drug-likeness (QED) is 0.610. The highest BCUT2D eigenvalue weighted by atomic mass is 32.1. The zero-order valence-corrected chi connectivity index (χ0v) is 11.8. The molecule has 0 radical (unpaired) electrons. The van der Waals surface area contributed by atoms with Gasteiger partial charge in [0.1, 0.15) is 11.2 Å². The molecule has 0 saturated heterocycles. The molecule has 0 aliphatic heterocycles. The molecule has 0 saturated carbocycles. The predicted octanol–water partition coefficient (Wildman–Crippen LogP) is 4.45. The van der Waals surface area contributed by atoms with Crippen molar-refractivity contribution in [1.29, 1.82) is 0 Å². The van der Waals surface area contributed by atoms with Gasteiger partial charge in [-0.2, -0.15) is 4.57 Å². The van der Waals surface area contributed by atoms with E-state index in [1.807, 2.05) is 11.3 Å². The smallest absolute Gasteiger partial charge is 0.186 e. The van der Waals surface area contributed by atoms with E-state index in [0.29, 0.717) is 0 Å². The van der Waals surface area contributed by atoms with E-state index in [1.165, 1.54) is 38.8 Å². The SMILES string of the molecule is CCCC[n+]1c(C)sc2c3ccccc3ccc21. The van der Waals surface area contributed by atoms with Crippen LogP contribution < -0.4 is 4.57 Å². The minimum atomic E-state index is 1.14. The molecule has 2 heteroatoms. The molecule has 1 nitrogen and oxygen atoms in total. The number of rotatable bonds is 3. The van der Waals surface area contributed by atoms with Crippen molar-refractivity contribution in [2.75, 3.05) is 0 Å². The van der Waals surface area contributed by atoms with Gasteiger partial charge in [-0.15, -0.1) is 0 Å². The van der Waals surface area contributed by atoms with Gasteiger partial charge in [-0.05, 0) is 11.5 Å². The molecule has 3 aromatic rings. The molecule has 1 heterocycles. The fourth-order valence-corrected chi connectivity index (χ4v) is 3.69. The predicted molar refractivity (Wildman–Crippen MR) is 79.2 cm³/mol. The molecule has 0 spiro atoms. The van der Waals surface area contributed by atoms with Crippen LogP contribution in [0.1, 0.15) is 24.8 Å². The van der Waals surface area contributed by atoms with Crippen molar-refractivity contribution in [3.63, 3.8) is 0 Å². The first kappa shape index (κ1) is 11.7. The van der Waals surface area contributed by atoms with Crippen LogP contribution >= 0.6 is 11.3 Å². The van der Waals surface area contributed by atoms with Crippen LogP contribution in [0.2, 0.25) is 0 Å². The van der Waals surface area contributed by atoms with Crippen molar-refractivity contribution in [2.45, 2.75) is 33.2 Å². The van der Waals surface area contributed by atoms with Crippen LogP contribution in [0.25, 0.3) is 21.0 Å². The van der Waals surface area contributed by atoms with E-state index in [0.717, 1.165) is 6.54 Å². The molecule has 2 aromatic carbocycles. The molecule has 0 fully saturated rings. The lowest BCUT2D eigenvalue weighted by molar-refractivity contribution is -0.673. The van der Waals surface area contributed by atoms with Crippen LogP contribution in [0.5, 0.6) is 0 Å². The lowest BCUT2D eigenvalue weighted by Gasteiger charge is -1.97. The fraction of sp³-hybridized carbons (Fsp3) is 0.312. The lowest BCUT2D eigenvalue weighted by Crippen LogP contribution is -2.34. The summed E-state index contributed by atoms with van der Waals surface area (Å²) in [6.07, 6.45) is 2.50. The second kappa shape index (κ2) is 4.69. The molecule has 0 N–H and O–H groups in total. The molecular formula is C16H18NS+. The van der Waals surface area contributed by atoms with Gasteiger partial charge in [0.15, 0.2) is 0 Å². The molecule has 1 aromatic heterocycles. The van der Waals surface area contributed by atoms with E-state index in [9.17, 15) is 0 Å². The summed E-state index contributed by atoms with van der Waals surface area (Å²) in [5, 5.41) is 4.14. The summed E-state index contributed by atoms with van der Waals surface area (Å²) in [5.41, 5.74) is 1.39. The number of unbranched alkanes of at least 4 members (excludes halogenated alkanes) is 1. The number of aromatic nitrogens is 1. The Labute approximate surface area is 112 Å². The molecule has 0 aliphatic rings. The summed E-state index contributed by atoms with van der Waals surface area (Å²) in [6.45, 7) is 5.62. The maximum absolute atomic E-state index is 2.47. The number of thiazole rings is 1. The molecule has 92 valence electrons. The molecule has 0 bridgehead atoms. The summed E-state index contributed by atoms with van der Waals surface area (Å²) in [5.74, 6) is 0. The first-order valence-electron chi connectivity index (χ1n) is 6.62. The van der Waals surface area contributed by atoms with Crippen molar-refractivity contribution in [3.05, 3.63) is 41.4 Å². The van der Waals surface area contributed by atoms with Gasteiger partial charge in [0.25, 0.3) is 0 Å². The number of nitrogens with zero attached hydrogens (tertiary/aromatic N) is 1. The average Bonchev–Trinajstić information content (AvgIpc) is 2.72. The summed E-state index contributed by atoms with van der Waals surface area (Å²) in [4.78, 5) is 0. The maximum Gasteiger partial charge on any atom is 0.235 e. The van der Waals surface area contributed by atoms with Crippen LogP contribution in [-0.4, -0.2) is 0 Å². The number of hydrogen-bond donors (Lipinski definition) is 0. The highest BCUT2D eigenvalue weighted by molar-refractivity contribution is 7.19. The molecule has 18 heavy (non-hydrogen) atoms. The monoisotopic (exact) mass is 256 g/mol. The van der Waals surface area contributed by atoms with E-state index in [2.05, 4.69) is 54.8 Å². The Morgan fingerprint density at radius 3 is 2.78 bits per heavy atom. The van der Waals surface area contributed by atoms with E-state index < -0.39 is 0 Å². The number of aryl methyl sites for hydroxylation is 2. The molecule has 3 rings (SSSR count). The summed E-state index contributed by atoms with van der Waals surface area (Å²) in [6, 6.07) is 13.2. The molecule has 0 aliphatic carbocycles. The zero-order chi connectivity index (χ0) is 12.5. The Kier molecular flexibility index (Phi) is 3.04. The van der Waals surface area contributed by atoms with Gasteiger partial charge in [-0.3, -0.25) is 0 Å². The Hall–Kier alpha value is -1.41. The van der Waals surface area contributed by atoms with Crippen molar-refractivity contribution < 1.29 is 4.57 Å². The van der Waals surface area contributed by atoms with Gasteiger partial charge in [0.2, 0.25) is 10.5 Å². The third-order valence-electron chi connectivity index (χ3n) is 3.51. The van der Waals surface area contributed by atoms with Crippen LogP contribution in [0.3, 0.4) is 0 Å². The van der Waals surface area contributed by atoms with Crippen LogP contribution in [-0.2, 0) is 6.54 Å². The first-order chi connectivity index (χ1) is 8.81. The number of fused-ring (bicyclic) bond motifs is 3. The van der Waals surface area contributed by atoms with Crippen molar-refractivity contribution in [2.24, 2.45) is 0 Å². The van der Waals surface area contributed by atoms with E-state index in [1.54, 1.807) is 0 Å². The van der Waals surface area contributed by atoms with Gasteiger partial charge in [0, 0.05) is 24.8 Å². The maximum atomic E-state index is 2.47. The van der Waals surface area contributed by atoms with Gasteiger partial charge in [-0.25, -0.2) is 0 Å². The molecular weight excluding hydrogens is 238 g/mol. The minimum absolute atomic E-state index is 1.14. The summed E-state index contributed by atoms with van der Waals surface area (Å²) < 4.78 is 3.90. The highest BCUT2D eigenvalue weighted by Gasteiger charge is 2.17. The van der Waals surface area contributed by atoms with Gasteiger partial charge >= 0.3 is 0 Å². The number of hydrogen-bond acceptors (Lipinski definition) is 1. The van der Waals surface area contributed by atoms with Crippen LogP contribution in [0.4, 0.5) is 0 Å². The third-order valence-corrected chi connectivity index (χ3v) is 4.66. The van der Waals surface area contributed by atoms with E-state index in [-0.39, 0.29) is 0 Å². The normalized spacial score (nSPS) is 11.4. The second-order valence-corrected chi connectivity index (χ2v) is 5.96. The minimum Gasteiger partial charge on any atom is -0.186 e. The van der Waals surface area contributed by atoms with Crippen molar-refractivity contribution in [1.82, 2.24) is 0 Å². The summed E-state index contributed by atoms with van der Waals surface area (Å²) >= 11 is 1.92. The Morgan fingerprint density at radius 1 is 1.11 bits per heavy atom. The van der Waals surface area contributed by atoms with Crippen molar-refractivity contribution >= 4 is 32.3 Å². The third kappa shape index (κ3) is 1.81. The fourth-order valence-electron chi connectivity index (χ4n) is 2.52. The standard InChI is InChI=1S/C16H18NS/c1-3-4-11-17-12(2)18-16-14-8-6-5-7-13(14)9-10-15(16)17/h5-10H,3-4,11H2,1-2H3/q+1. The van der Waals surface area contributed by atoms with Gasteiger partial charge < -0.3 is 0 Å². The summed E-state index contributed by atoms with van der Waals surface area (Å²) in [7, 11) is 0. The molecule has 0 unspecified atom stereocenters. The largest absolute Gasteiger partial charge is 0.235 e. The Bertz CT molecular complexity index is 697. The van der Waals surface area contributed by atoms with Crippen molar-refractivity contribution in [3.8, 4) is 0 Å². The van der Waals surface area contributed by atoms with E-state index >= 15 is 0 Å². The Morgan fingerprint density at radius 2 is 1.94 bits per heavy atom. The topological polar surface area (TPSA) is 3.88 Å². The lowest BCUT2D eigenvalue weighted by atomic mass is 10.1. The highest BCUT2D eigenvalue weighted by Crippen LogP contribution is 2.28. The van der Waals surface area contributed by atoms with Crippen LogP contribution in [0, 0.1) is 6.92 Å².